The van der Waals surface area contributed by atoms with Gasteiger partial charge >= 0.3 is 0 Å². The average molecular weight is 369 g/mol. The van der Waals surface area contributed by atoms with Crippen LogP contribution in [0.3, 0.4) is 0 Å². The van der Waals surface area contributed by atoms with Crippen molar-refractivity contribution in [2.75, 3.05) is 44.7 Å². The Balaban J connectivity index is 1.50. The van der Waals surface area contributed by atoms with E-state index in [1.165, 1.54) is 0 Å². The largest absolute Gasteiger partial charge is 0.506 e. The number of methoxy groups -OCH3 is 1. The molecule has 2 aromatic rings. The Morgan fingerprint density at radius 1 is 1.11 bits per heavy atom. The highest BCUT2D eigenvalue weighted by molar-refractivity contribution is 5.78. The Hall–Kier alpha value is -2.73. The van der Waals surface area contributed by atoms with Crippen molar-refractivity contribution in [3.05, 3.63) is 54.1 Å². The van der Waals surface area contributed by atoms with Crippen LogP contribution < -0.4 is 15.0 Å². The molecule has 1 amide bonds. The standard InChI is InChI=1S/C21H27N3O3/c1-16(17-7-3-6-10-20(17)27-2)22-21(26)15-23-11-13-24(14-12-23)18-8-4-5-9-19(18)25/h3-10,16,25H,11-15H2,1-2H3,(H,22,26). The van der Waals surface area contributed by atoms with Gasteiger partial charge in [-0.3, -0.25) is 9.69 Å². The van der Waals surface area contributed by atoms with Crippen LogP contribution in [0, 0.1) is 0 Å². The highest BCUT2D eigenvalue weighted by atomic mass is 16.5. The van der Waals surface area contributed by atoms with Gasteiger partial charge in [0.05, 0.1) is 25.4 Å². The number of aromatic hydroxyl groups is 1. The van der Waals surface area contributed by atoms with Gasteiger partial charge in [0, 0.05) is 31.7 Å². The van der Waals surface area contributed by atoms with Gasteiger partial charge in [0.1, 0.15) is 11.5 Å². The number of benzene rings is 2. The van der Waals surface area contributed by atoms with Crippen LogP contribution in [-0.4, -0.2) is 55.7 Å². The van der Waals surface area contributed by atoms with E-state index in [2.05, 4.69) is 15.1 Å². The molecule has 1 saturated heterocycles. The maximum Gasteiger partial charge on any atom is 0.234 e. The zero-order valence-electron chi connectivity index (χ0n) is 15.9. The van der Waals surface area contributed by atoms with Crippen LogP contribution in [0.4, 0.5) is 5.69 Å². The molecule has 1 fully saturated rings. The van der Waals surface area contributed by atoms with Crippen molar-refractivity contribution in [2.24, 2.45) is 0 Å². The van der Waals surface area contributed by atoms with Gasteiger partial charge in [-0.1, -0.05) is 30.3 Å². The first-order valence-electron chi connectivity index (χ1n) is 9.26. The van der Waals surface area contributed by atoms with Gasteiger partial charge < -0.3 is 20.1 Å². The fourth-order valence-electron chi connectivity index (χ4n) is 3.47. The van der Waals surface area contributed by atoms with Crippen LogP contribution in [0.5, 0.6) is 11.5 Å². The Kier molecular flexibility index (Phi) is 6.19. The van der Waals surface area contributed by atoms with Crippen molar-refractivity contribution in [3.8, 4) is 11.5 Å². The lowest BCUT2D eigenvalue weighted by atomic mass is 10.1. The number of rotatable bonds is 6. The normalized spacial score (nSPS) is 16.0. The quantitative estimate of drug-likeness (QED) is 0.819. The fraction of sp³-hybridized carbons (Fsp3) is 0.381. The Morgan fingerprint density at radius 2 is 1.78 bits per heavy atom. The lowest BCUT2D eigenvalue weighted by Crippen LogP contribution is -2.49. The second-order valence-corrected chi connectivity index (χ2v) is 6.78. The molecule has 0 aromatic heterocycles. The molecule has 1 aliphatic rings. The molecule has 1 atom stereocenters. The van der Waals surface area contributed by atoms with E-state index in [4.69, 9.17) is 4.74 Å². The molecule has 2 N–H and O–H groups in total. The number of phenolic OH excluding ortho intramolecular Hbond substituents is 1. The Labute approximate surface area is 160 Å². The first kappa shape index (κ1) is 19.0. The van der Waals surface area contributed by atoms with Crippen LogP contribution in [-0.2, 0) is 4.79 Å². The molecule has 0 bridgehead atoms. The van der Waals surface area contributed by atoms with Crippen molar-refractivity contribution in [3.63, 3.8) is 0 Å². The minimum absolute atomic E-state index is 0.00409. The second-order valence-electron chi connectivity index (χ2n) is 6.78. The summed E-state index contributed by atoms with van der Waals surface area (Å²) >= 11 is 0. The number of nitrogens with zero attached hydrogens (tertiary/aromatic N) is 2. The van der Waals surface area contributed by atoms with Crippen LogP contribution in [0.15, 0.2) is 48.5 Å². The van der Waals surface area contributed by atoms with Gasteiger partial charge in [0.2, 0.25) is 5.91 Å². The summed E-state index contributed by atoms with van der Waals surface area (Å²) < 4.78 is 5.37. The maximum atomic E-state index is 12.5. The summed E-state index contributed by atoms with van der Waals surface area (Å²) in [5.41, 5.74) is 1.82. The van der Waals surface area contributed by atoms with Crippen molar-refractivity contribution in [1.29, 1.82) is 0 Å². The molecule has 0 saturated carbocycles. The first-order valence-corrected chi connectivity index (χ1v) is 9.26. The van der Waals surface area contributed by atoms with Crippen LogP contribution in [0.2, 0.25) is 0 Å². The number of phenols is 1. The number of carbonyl (C=O) groups excluding carboxylic acids is 1. The van der Waals surface area contributed by atoms with Crippen LogP contribution >= 0.6 is 0 Å². The number of anilines is 1. The third-order valence-corrected chi connectivity index (χ3v) is 4.94. The van der Waals surface area contributed by atoms with Crippen LogP contribution in [0.25, 0.3) is 0 Å². The molecule has 1 heterocycles. The molecule has 0 radical (unpaired) electrons. The molecule has 0 spiro atoms. The number of ether oxygens (including phenoxy) is 1. The zero-order valence-corrected chi connectivity index (χ0v) is 15.9. The number of nitrogens with one attached hydrogen (secondary N) is 1. The van der Waals surface area contributed by atoms with E-state index < -0.39 is 0 Å². The zero-order chi connectivity index (χ0) is 19.2. The predicted octanol–water partition coefficient (Wildman–Crippen LogP) is 2.40. The van der Waals surface area contributed by atoms with E-state index in [-0.39, 0.29) is 11.9 Å². The van der Waals surface area contributed by atoms with Crippen molar-refractivity contribution in [1.82, 2.24) is 10.2 Å². The summed E-state index contributed by atoms with van der Waals surface area (Å²) in [5, 5.41) is 13.1. The fourth-order valence-corrected chi connectivity index (χ4v) is 3.47. The van der Waals surface area contributed by atoms with Crippen LogP contribution in [0.1, 0.15) is 18.5 Å². The van der Waals surface area contributed by atoms with Crippen molar-refractivity contribution < 1.29 is 14.6 Å². The van der Waals surface area contributed by atoms with Crippen molar-refractivity contribution in [2.45, 2.75) is 13.0 Å². The average Bonchev–Trinajstić information content (AvgIpc) is 2.69. The van der Waals surface area contributed by atoms with E-state index in [1.54, 1.807) is 13.2 Å². The minimum Gasteiger partial charge on any atom is -0.506 e. The summed E-state index contributed by atoms with van der Waals surface area (Å²) in [6, 6.07) is 15.0. The lowest BCUT2D eigenvalue weighted by Gasteiger charge is -2.36. The van der Waals surface area contributed by atoms with Gasteiger partial charge in [-0.05, 0) is 25.1 Å². The van der Waals surface area contributed by atoms with E-state index in [0.29, 0.717) is 12.3 Å². The van der Waals surface area contributed by atoms with Gasteiger partial charge in [0.25, 0.3) is 0 Å². The smallest absolute Gasteiger partial charge is 0.234 e. The highest BCUT2D eigenvalue weighted by Gasteiger charge is 2.21. The number of carbonyl (C=O) groups is 1. The lowest BCUT2D eigenvalue weighted by molar-refractivity contribution is -0.123. The second kappa shape index (κ2) is 8.77. The monoisotopic (exact) mass is 369 g/mol. The summed E-state index contributed by atoms with van der Waals surface area (Å²) in [6.45, 7) is 5.47. The molecule has 6 nitrogen and oxygen atoms in total. The molecule has 0 aliphatic carbocycles. The SMILES string of the molecule is COc1ccccc1C(C)NC(=O)CN1CCN(c2ccccc2O)CC1. The predicted molar refractivity (Wildman–Crippen MR) is 106 cm³/mol. The van der Waals surface area contributed by atoms with Gasteiger partial charge in [-0.2, -0.15) is 0 Å². The molecule has 3 rings (SSSR count). The molecule has 1 aliphatic heterocycles. The molecule has 1 unspecified atom stereocenters. The topological polar surface area (TPSA) is 65.0 Å². The molecule has 6 heteroatoms. The summed E-state index contributed by atoms with van der Waals surface area (Å²) in [5.74, 6) is 1.08. The van der Waals surface area contributed by atoms with E-state index >= 15 is 0 Å². The molecule has 27 heavy (non-hydrogen) atoms. The highest BCUT2D eigenvalue weighted by Crippen LogP contribution is 2.27. The molecule has 144 valence electrons. The maximum absolute atomic E-state index is 12.5. The Morgan fingerprint density at radius 3 is 2.48 bits per heavy atom. The van der Waals surface area contributed by atoms with E-state index in [1.807, 2.05) is 49.4 Å². The number of hydrogen-bond acceptors (Lipinski definition) is 5. The first-order chi connectivity index (χ1) is 13.1. The number of amides is 1. The van der Waals surface area contributed by atoms with Gasteiger partial charge in [0.15, 0.2) is 0 Å². The van der Waals surface area contributed by atoms with E-state index in [9.17, 15) is 9.90 Å². The van der Waals surface area contributed by atoms with Gasteiger partial charge in [-0.25, -0.2) is 0 Å². The number of para-hydroxylation sites is 3. The summed E-state index contributed by atoms with van der Waals surface area (Å²) in [6.07, 6.45) is 0. The minimum atomic E-state index is -0.115. The third-order valence-electron chi connectivity index (χ3n) is 4.94. The number of piperazine rings is 1. The molecule has 2 aromatic carbocycles. The summed E-state index contributed by atoms with van der Waals surface area (Å²) in [4.78, 5) is 16.7. The van der Waals surface area contributed by atoms with Gasteiger partial charge in [-0.15, -0.1) is 0 Å². The molecular weight excluding hydrogens is 342 g/mol. The number of hydrogen-bond donors (Lipinski definition) is 2. The third kappa shape index (κ3) is 4.71. The van der Waals surface area contributed by atoms with E-state index in [0.717, 1.165) is 43.2 Å². The molecular formula is C21H27N3O3. The summed E-state index contributed by atoms with van der Waals surface area (Å²) in [7, 11) is 1.64. The Bertz CT molecular complexity index is 773. The van der Waals surface area contributed by atoms with Crippen molar-refractivity contribution >= 4 is 11.6 Å².